The molecule has 0 radical (unpaired) electrons. The first-order valence-corrected chi connectivity index (χ1v) is 18.7. The third kappa shape index (κ3) is 4.63. The molecule has 0 unspecified atom stereocenters. The average molecular weight is 699 g/mol. The Labute approximate surface area is 315 Å². The maximum atomic E-state index is 6.86. The Balaban J connectivity index is 1.20. The lowest BCUT2D eigenvalue weighted by Crippen LogP contribution is -1.97. The van der Waals surface area contributed by atoms with Gasteiger partial charge < -0.3 is 4.42 Å². The molecular formula is C52H30N2O. The molecule has 3 nitrogen and oxygen atoms in total. The van der Waals surface area contributed by atoms with Gasteiger partial charge in [-0.05, 0) is 101 Å². The molecule has 0 fully saturated rings. The first-order valence-electron chi connectivity index (χ1n) is 18.7. The second-order valence-electron chi connectivity index (χ2n) is 14.5. The zero-order chi connectivity index (χ0) is 36.0. The largest absolute Gasteiger partial charge is 0.456 e. The standard InChI is InChI=1S/C52H30N2O/c1-3-13-33-25-36(23-21-31(33)11-1)46-30-47(37-24-22-32-12-2-4-14-34(32)26-37)54-52(53-46)51-38-16-6-5-15-35(38)27-49-50(51)45-28-43-41-19-9-7-17-39(41)40-18-8-10-20-42(40)44(43)29-48(45)55-49/h1-30H. The minimum atomic E-state index is 0.668. The van der Waals surface area contributed by atoms with Crippen LogP contribution in [-0.4, -0.2) is 9.97 Å². The molecule has 12 aromatic rings. The highest BCUT2D eigenvalue weighted by molar-refractivity contribution is 6.30. The zero-order valence-electron chi connectivity index (χ0n) is 29.6. The molecule has 0 spiro atoms. The van der Waals surface area contributed by atoms with E-state index in [4.69, 9.17) is 14.4 Å². The third-order valence-corrected chi connectivity index (χ3v) is 11.4. The summed E-state index contributed by atoms with van der Waals surface area (Å²) < 4.78 is 6.86. The minimum absolute atomic E-state index is 0.668. The second kappa shape index (κ2) is 11.6. The van der Waals surface area contributed by atoms with Crippen LogP contribution in [0.4, 0.5) is 0 Å². The van der Waals surface area contributed by atoms with Crippen molar-refractivity contribution in [3.8, 4) is 33.9 Å². The van der Waals surface area contributed by atoms with Gasteiger partial charge in [0, 0.05) is 27.5 Å². The van der Waals surface area contributed by atoms with Crippen molar-refractivity contribution in [3.63, 3.8) is 0 Å². The summed E-state index contributed by atoms with van der Waals surface area (Å²) in [5.41, 5.74) is 6.47. The fraction of sp³-hybridized carbons (Fsp3) is 0. The molecule has 0 aliphatic rings. The van der Waals surface area contributed by atoms with E-state index in [-0.39, 0.29) is 0 Å². The highest BCUT2D eigenvalue weighted by Crippen LogP contribution is 2.45. The van der Waals surface area contributed by atoms with E-state index in [9.17, 15) is 0 Å². The van der Waals surface area contributed by atoms with Crippen molar-refractivity contribution in [3.05, 3.63) is 182 Å². The molecule has 2 aromatic heterocycles. The Morgan fingerprint density at radius 3 is 1.36 bits per heavy atom. The topological polar surface area (TPSA) is 38.9 Å². The van der Waals surface area contributed by atoms with Gasteiger partial charge in [-0.3, -0.25) is 0 Å². The van der Waals surface area contributed by atoms with E-state index in [0.717, 1.165) is 60.8 Å². The Morgan fingerprint density at radius 2 is 0.782 bits per heavy atom. The summed E-state index contributed by atoms with van der Waals surface area (Å²) in [7, 11) is 0. The lowest BCUT2D eigenvalue weighted by Gasteiger charge is -2.13. The number of fused-ring (bicyclic) bond motifs is 12. The normalized spacial score (nSPS) is 12.0. The first-order chi connectivity index (χ1) is 27.2. The van der Waals surface area contributed by atoms with Crippen LogP contribution < -0.4 is 0 Å². The van der Waals surface area contributed by atoms with Gasteiger partial charge in [-0.15, -0.1) is 0 Å². The Kier molecular flexibility index (Phi) is 6.34. The number of hydrogen-bond donors (Lipinski definition) is 0. The molecular weight excluding hydrogens is 669 g/mol. The van der Waals surface area contributed by atoms with Crippen LogP contribution >= 0.6 is 0 Å². The van der Waals surface area contributed by atoms with Crippen LogP contribution in [0.25, 0.3) is 120 Å². The SMILES string of the molecule is c1ccc2cc(-c3cc(-c4ccc5ccccc5c4)nc(-c4c5ccccc5cc5oc6cc7c8ccccc8c8ccccc8c7cc6c45)n3)ccc2c1. The van der Waals surface area contributed by atoms with E-state index in [2.05, 4.69) is 182 Å². The molecule has 0 aliphatic heterocycles. The third-order valence-electron chi connectivity index (χ3n) is 11.4. The van der Waals surface area contributed by atoms with Gasteiger partial charge in [0.1, 0.15) is 11.2 Å². The monoisotopic (exact) mass is 698 g/mol. The number of nitrogens with zero attached hydrogens (tertiary/aromatic N) is 2. The lowest BCUT2D eigenvalue weighted by molar-refractivity contribution is 0.670. The van der Waals surface area contributed by atoms with E-state index in [1.807, 2.05) is 0 Å². The summed E-state index contributed by atoms with van der Waals surface area (Å²) in [5.74, 6) is 0.668. The first kappa shape index (κ1) is 30.1. The molecule has 0 bridgehead atoms. The van der Waals surface area contributed by atoms with Crippen molar-refractivity contribution in [2.75, 3.05) is 0 Å². The van der Waals surface area contributed by atoms with Gasteiger partial charge in [0.2, 0.25) is 0 Å². The molecule has 3 heteroatoms. The van der Waals surface area contributed by atoms with E-state index < -0.39 is 0 Å². The smallest absolute Gasteiger partial charge is 0.161 e. The van der Waals surface area contributed by atoms with Crippen molar-refractivity contribution >= 4 is 86.6 Å². The quantitative estimate of drug-likeness (QED) is 0.172. The minimum Gasteiger partial charge on any atom is -0.456 e. The number of benzene rings is 10. The van der Waals surface area contributed by atoms with Crippen LogP contribution in [0.5, 0.6) is 0 Å². The highest BCUT2D eigenvalue weighted by atomic mass is 16.3. The van der Waals surface area contributed by atoms with Crippen LogP contribution in [0.1, 0.15) is 0 Å². The molecule has 0 atom stereocenters. The molecule has 12 rings (SSSR count). The lowest BCUT2D eigenvalue weighted by atomic mass is 9.92. The van der Waals surface area contributed by atoms with Crippen LogP contribution in [-0.2, 0) is 0 Å². The molecule has 0 amide bonds. The van der Waals surface area contributed by atoms with Crippen molar-refractivity contribution < 1.29 is 4.42 Å². The van der Waals surface area contributed by atoms with Gasteiger partial charge >= 0.3 is 0 Å². The zero-order valence-corrected chi connectivity index (χ0v) is 29.6. The maximum absolute atomic E-state index is 6.86. The summed E-state index contributed by atoms with van der Waals surface area (Å²) in [6.45, 7) is 0. The summed E-state index contributed by atoms with van der Waals surface area (Å²) in [4.78, 5) is 10.9. The van der Waals surface area contributed by atoms with E-state index in [1.54, 1.807) is 0 Å². The summed E-state index contributed by atoms with van der Waals surface area (Å²) in [6, 6.07) is 65.0. The van der Waals surface area contributed by atoms with Crippen molar-refractivity contribution in [1.82, 2.24) is 9.97 Å². The average Bonchev–Trinajstić information content (AvgIpc) is 3.61. The Hall–Kier alpha value is -7.36. The number of rotatable bonds is 3. The highest BCUT2D eigenvalue weighted by Gasteiger charge is 2.22. The molecule has 0 saturated carbocycles. The van der Waals surface area contributed by atoms with Gasteiger partial charge in [0.25, 0.3) is 0 Å². The van der Waals surface area contributed by atoms with E-state index >= 15 is 0 Å². The predicted octanol–water partition coefficient (Wildman–Crippen LogP) is 14.3. The van der Waals surface area contributed by atoms with Crippen LogP contribution in [0, 0.1) is 0 Å². The maximum Gasteiger partial charge on any atom is 0.161 e. The molecule has 0 N–H and O–H groups in total. The van der Waals surface area contributed by atoms with Gasteiger partial charge in [-0.25, -0.2) is 9.97 Å². The molecule has 55 heavy (non-hydrogen) atoms. The van der Waals surface area contributed by atoms with Crippen molar-refractivity contribution in [2.24, 2.45) is 0 Å². The summed E-state index contributed by atoms with van der Waals surface area (Å²) >= 11 is 0. The molecule has 2 heterocycles. The number of aromatic nitrogens is 2. The fourth-order valence-electron chi connectivity index (χ4n) is 8.78. The number of furan rings is 1. The van der Waals surface area contributed by atoms with Gasteiger partial charge in [-0.2, -0.15) is 0 Å². The van der Waals surface area contributed by atoms with Crippen molar-refractivity contribution in [1.29, 1.82) is 0 Å². The van der Waals surface area contributed by atoms with Crippen LogP contribution in [0.15, 0.2) is 186 Å². The van der Waals surface area contributed by atoms with Crippen LogP contribution in [0.2, 0.25) is 0 Å². The van der Waals surface area contributed by atoms with Crippen molar-refractivity contribution in [2.45, 2.75) is 0 Å². The van der Waals surface area contributed by atoms with Crippen LogP contribution in [0.3, 0.4) is 0 Å². The van der Waals surface area contributed by atoms with E-state index in [0.29, 0.717) is 5.82 Å². The fourth-order valence-corrected chi connectivity index (χ4v) is 8.78. The van der Waals surface area contributed by atoms with Gasteiger partial charge in [0.05, 0.1) is 11.4 Å². The molecule has 254 valence electrons. The number of hydrogen-bond acceptors (Lipinski definition) is 3. The van der Waals surface area contributed by atoms with Gasteiger partial charge in [-0.1, -0.05) is 146 Å². The van der Waals surface area contributed by atoms with Gasteiger partial charge in [0.15, 0.2) is 5.82 Å². The summed E-state index contributed by atoms with van der Waals surface area (Å²) in [6.07, 6.45) is 0. The predicted molar refractivity (Wildman–Crippen MR) is 231 cm³/mol. The summed E-state index contributed by atoms with van der Waals surface area (Å²) in [5, 5.41) is 16.3. The molecule has 0 saturated heterocycles. The molecule has 0 aliphatic carbocycles. The Bertz CT molecular complexity index is 3460. The Morgan fingerprint density at radius 1 is 0.309 bits per heavy atom. The molecule has 10 aromatic carbocycles. The van der Waals surface area contributed by atoms with E-state index in [1.165, 1.54) is 53.9 Å². The second-order valence-corrected chi connectivity index (χ2v) is 14.5.